The van der Waals surface area contributed by atoms with E-state index in [9.17, 15) is 0 Å². The van der Waals surface area contributed by atoms with Crippen molar-refractivity contribution < 1.29 is 0 Å². The van der Waals surface area contributed by atoms with Crippen LogP contribution in [0.4, 0.5) is 0 Å². The van der Waals surface area contributed by atoms with Gasteiger partial charge in [-0.15, -0.1) is 11.3 Å². The number of rotatable bonds is 3. The van der Waals surface area contributed by atoms with E-state index in [0.29, 0.717) is 0 Å². The van der Waals surface area contributed by atoms with Crippen molar-refractivity contribution in [3.8, 4) is 33.4 Å². The van der Waals surface area contributed by atoms with Gasteiger partial charge in [0.25, 0.3) is 0 Å². The Morgan fingerprint density at radius 2 is 0.907 bits per heavy atom. The average molecular weight is 563 g/mol. The summed E-state index contributed by atoms with van der Waals surface area (Å²) in [6, 6.07) is 57.9. The van der Waals surface area contributed by atoms with Gasteiger partial charge in [-0.2, -0.15) is 0 Å². The molecule has 0 saturated heterocycles. The Morgan fingerprint density at radius 3 is 1.63 bits per heavy atom. The van der Waals surface area contributed by atoms with Crippen molar-refractivity contribution in [2.24, 2.45) is 0 Å². The molecule has 1 heterocycles. The van der Waals surface area contributed by atoms with Gasteiger partial charge in [0.1, 0.15) is 0 Å². The molecule has 0 aliphatic carbocycles. The van der Waals surface area contributed by atoms with Crippen molar-refractivity contribution in [3.05, 3.63) is 158 Å². The van der Waals surface area contributed by atoms with Crippen LogP contribution in [0, 0.1) is 0 Å². The Kier molecular flexibility index (Phi) is 5.47. The first kappa shape index (κ1) is 24.4. The Balaban J connectivity index is 1.36. The Morgan fingerprint density at radius 1 is 0.326 bits per heavy atom. The highest BCUT2D eigenvalue weighted by atomic mass is 32.1. The molecule has 0 nitrogen and oxygen atoms in total. The zero-order valence-corrected chi connectivity index (χ0v) is 24.2. The van der Waals surface area contributed by atoms with Crippen LogP contribution in [0.3, 0.4) is 0 Å². The normalized spacial score (nSPS) is 11.7. The highest BCUT2D eigenvalue weighted by molar-refractivity contribution is 7.26. The maximum Gasteiger partial charge on any atom is 0.0433 e. The summed E-state index contributed by atoms with van der Waals surface area (Å²) in [5, 5.41) is 10.4. The van der Waals surface area contributed by atoms with Gasteiger partial charge in [-0.05, 0) is 77.8 Å². The Bertz CT molecular complexity index is 2440. The van der Waals surface area contributed by atoms with Crippen LogP contribution in [0.15, 0.2) is 158 Å². The van der Waals surface area contributed by atoms with Crippen LogP contribution in [0.2, 0.25) is 0 Å². The molecule has 0 bridgehead atoms. The van der Waals surface area contributed by atoms with Crippen molar-refractivity contribution in [2.45, 2.75) is 0 Å². The van der Waals surface area contributed by atoms with Gasteiger partial charge < -0.3 is 0 Å². The van der Waals surface area contributed by atoms with Crippen LogP contribution < -0.4 is 0 Å². The van der Waals surface area contributed by atoms with Gasteiger partial charge in [-0.3, -0.25) is 0 Å². The third kappa shape index (κ3) is 3.75. The zero-order valence-electron chi connectivity index (χ0n) is 23.4. The van der Waals surface area contributed by atoms with E-state index in [1.807, 2.05) is 11.3 Å². The van der Waals surface area contributed by atoms with E-state index >= 15 is 0 Å². The molecule has 0 fully saturated rings. The number of hydrogen-bond donors (Lipinski definition) is 0. The van der Waals surface area contributed by atoms with Crippen LogP contribution in [-0.2, 0) is 0 Å². The van der Waals surface area contributed by atoms with Gasteiger partial charge in [-0.1, -0.05) is 146 Å². The average Bonchev–Trinajstić information content (AvgIpc) is 3.46. The maximum atomic E-state index is 2.43. The molecule has 0 unspecified atom stereocenters. The third-order valence-electron chi connectivity index (χ3n) is 8.86. The smallest absolute Gasteiger partial charge is 0.0433 e. The van der Waals surface area contributed by atoms with Gasteiger partial charge in [0.2, 0.25) is 0 Å². The molecule has 43 heavy (non-hydrogen) atoms. The summed E-state index contributed by atoms with van der Waals surface area (Å²) in [6.45, 7) is 0. The lowest BCUT2D eigenvalue weighted by Crippen LogP contribution is -1.92. The van der Waals surface area contributed by atoms with Gasteiger partial charge in [0.15, 0.2) is 0 Å². The van der Waals surface area contributed by atoms with Crippen molar-refractivity contribution >= 4 is 63.8 Å². The molecular formula is C42H26S. The van der Waals surface area contributed by atoms with Crippen LogP contribution >= 0.6 is 11.3 Å². The van der Waals surface area contributed by atoms with E-state index in [-0.39, 0.29) is 0 Å². The van der Waals surface area contributed by atoms with E-state index in [1.54, 1.807) is 0 Å². The molecule has 0 atom stereocenters. The minimum atomic E-state index is 1.23. The van der Waals surface area contributed by atoms with Crippen molar-refractivity contribution in [3.63, 3.8) is 0 Å². The van der Waals surface area contributed by atoms with Crippen LogP contribution in [0.25, 0.3) is 85.9 Å². The van der Waals surface area contributed by atoms with E-state index in [1.165, 1.54) is 85.9 Å². The summed E-state index contributed by atoms with van der Waals surface area (Å²) in [5.41, 5.74) is 7.61. The molecule has 0 aliphatic rings. The number of hydrogen-bond acceptors (Lipinski definition) is 1. The van der Waals surface area contributed by atoms with Crippen LogP contribution in [-0.4, -0.2) is 0 Å². The van der Waals surface area contributed by atoms with E-state index < -0.39 is 0 Å². The second-order valence-corrected chi connectivity index (χ2v) is 12.3. The molecular weight excluding hydrogens is 537 g/mol. The van der Waals surface area contributed by atoms with Gasteiger partial charge in [-0.25, -0.2) is 0 Å². The number of thiophene rings is 1. The first-order valence-electron chi connectivity index (χ1n) is 14.8. The van der Waals surface area contributed by atoms with E-state index in [0.717, 1.165) is 0 Å². The fourth-order valence-electron chi connectivity index (χ4n) is 6.96. The minimum Gasteiger partial charge on any atom is -0.135 e. The summed E-state index contributed by atoms with van der Waals surface area (Å²) in [7, 11) is 0. The molecule has 0 spiro atoms. The fraction of sp³-hybridized carbons (Fsp3) is 0. The summed E-state index contributed by atoms with van der Waals surface area (Å²) in [4.78, 5) is 0. The lowest BCUT2D eigenvalue weighted by Gasteiger charge is -2.19. The molecule has 8 aromatic carbocycles. The molecule has 0 saturated carbocycles. The summed E-state index contributed by atoms with van der Waals surface area (Å²) >= 11 is 1.90. The molecule has 9 rings (SSSR count). The van der Waals surface area contributed by atoms with Gasteiger partial charge >= 0.3 is 0 Å². The van der Waals surface area contributed by atoms with Gasteiger partial charge in [0.05, 0.1) is 0 Å². The first-order valence-corrected chi connectivity index (χ1v) is 15.6. The predicted octanol–water partition coefficient (Wildman–Crippen LogP) is 12.5. The standard InChI is InChI=1S/C42H26S/c1-2-12-27(13-3-1)30-15-6-7-17-32(30)41-35-20-10-8-18-33(35)40(34-19-9-11-21-36(34)41)29-23-25-39-38(26-29)37-24-22-28-14-4-5-16-31(28)42(37)43-39/h1-26H. The fourth-order valence-corrected chi connectivity index (χ4v) is 8.18. The minimum absolute atomic E-state index is 1.23. The Hall–Kier alpha value is -5.24. The third-order valence-corrected chi connectivity index (χ3v) is 10.1. The Labute approximate surface area is 254 Å². The molecule has 1 aromatic heterocycles. The highest BCUT2D eigenvalue weighted by Crippen LogP contribution is 2.47. The lowest BCUT2D eigenvalue weighted by molar-refractivity contribution is 1.61. The molecule has 9 aromatic rings. The molecule has 1 heteroatoms. The summed E-state index contributed by atoms with van der Waals surface area (Å²) in [6.07, 6.45) is 0. The zero-order chi connectivity index (χ0) is 28.3. The monoisotopic (exact) mass is 562 g/mol. The van der Waals surface area contributed by atoms with E-state index in [2.05, 4.69) is 158 Å². The molecule has 0 aliphatic heterocycles. The van der Waals surface area contributed by atoms with Crippen molar-refractivity contribution in [1.29, 1.82) is 0 Å². The highest BCUT2D eigenvalue weighted by Gasteiger charge is 2.19. The second-order valence-electron chi connectivity index (χ2n) is 11.2. The SMILES string of the molecule is c1ccc(-c2ccccc2-c2c3ccccc3c(-c3ccc4sc5c6ccccc6ccc5c4c3)c3ccccc23)cc1. The lowest BCUT2D eigenvalue weighted by atomic mass is 9.83. The van der Waals surface area contributed by atoms with E-state index in [4.69, 9.17) is 0 Å². The molecule has 0 radical (unpaired) electrons. The quantitative estimate of drug-likeness (QED) is 0.188. The van der Waals surface area contributed by atoms with Crippen molar-refractivity contribution in [1.82, 2.24) is 0 Å². The molecule has 0 N–H and O–H groups in total. The second kappa shape index (κ2) is 9.66. The first-order chi connectivity index (χ1) is 21.3. The van der Waals surface area contributed by atoms with Crippen molar-refractivity contribution in [2.75, 3.05) is 0 Å². The van der Waals surface area contributed by atoms with Gasteiger partial charge in [0, 0.05) is 20.2 Å². The summed E-state index contributed by atoms with van der Waals surface area (Å²) < 4.78 is 2.70. The van der Waals surface area contributed by atoms with Crippen LogP contribution in [0.1, 0.15) is 0 Å². The maximum absolute atomic E-state index is 2.43. The molecule has 0 amide bonds. The number of benzene rings is 8. The predicted molar refractivity (Wildman–Crippen MR) is 188 cm³/mol. The number of fused-ring (bicyclic) bond motifs is 7. The largest absolute Gasteiger partial charge is 0.135 e. The topological polar surface area (TPSA) is 0 Å². The molecule has 200 valence electrons. The van der Waals surface area contributed by atoms with Crippen LogP contribution in [0.5, 0.6) is 0 Å². The summed E-state index contributed by atoms with van der Waals surface area (Å²) in [5.74, 6) is 0.